The average Bonchev–Trinajstić information content (AvgIpc) is 2.98. The van der Waals surface area contributed by atoms with Crippen LogP contribution in [0.25, 0.3) is 0 Å². The zero-order valence-corrected chi connectivity index (χ0v) is 13.0. The molecule has 3 rings (SSSR count). The molecule has 0 aliphatic carbocycles. The Morgan fingerprint density at radius 2 is 2.32 bits per heavy atom. The first-order valence-electron chi connectivity index (χ1n) is 6.73. The molecular formula is C14H18BrClN2O. The standard InChI is InChI=1S/C14H18BrClN2O/c15-11-8-10(3-4-12(11)16)17-14(9-19)5-7-18-6-1-2-13(14)18/h3-4,8,13,17,19H,1-2,5-7,9H2. The van der Waals surface area contributed by atoms with Crippen molar-refractivity contribution in [3.05, 3.63) is 27.7 Å². The molecule has 0 bridgehead atoms. The van der Waals surface area contributed by atoms with E-state index in [-0.39, 0.29) is 12.1 Å². The second-order valence-electron chi connectivity index (χ2n) is 5.51. The van der Waals surface area contributed by atoms with Crippen LogP contribution in [0.2, 0.25) is 5.02 Å². The molecule has 2 heterocycles. The fourth-order valence-electron chi connectivity index (χ4n) is 3.46. The van der Waals surface area contributed by atoms with E-state index in [2.05, 4.69) is 26.1 Å². The molecule has 2 fully saturated rings. The topological polar surface area (TPSA) is 35.5 Å². The fourth-order valence-corrected chi connectivity index (χ4v) is 3.96. The SMILES string of the molecule is OCC1(Nc2ccc(Cl)c(Br)c2)CCN2CCCC21. The van der Waals surface area contributed by atoms with Gasteiger partial charge in [0.15, 0.2) is 0 Å². The summed E-state index contributed by atoms with van der Waals surface area (Å²) >= 11 is 9.47. The number of hydrogen-bond donors (Lipinski definition) is 2. The zero-order chi connectivity index (χ0) is 13.5. The molecule has 19 heavy (non-hydrogen) atoms. The number of aliphatic hydroxyl groups excluding tert-OH is 1. The maximum Gasteiger partial charge on any atom is 0.0770 e. The van der Waals surface area contributed by atoms with Crippen LogP contribution < -0.4 is 5.32 Å². The Morgan fingerprint density at radius 1 is 1.47 bits per heavy atom. The summed E-state index contributed by atoms with van der Waals surface area (Å²) in [5.41, 5.74) is 0.808. The molecule has 2 aliphatic heterocycles. The molecule has 104 valence electrons. The largest absolute Gasteiger partial charge is 0.394 e. The number of anilines is 1. The molecule has 3 nitrogen and oxygen atoms in total. The third kappa shape index (κ3) is 2.40. The number of nitrogens with zero attached hydrogens (tertiary/aromatic N) is 1. The molecular weight excluding hydrogens is 328 g/mol. The third-order valence-electron chi connectivity index (χ3n) is 4.44. The van der Waals surface area contributed by atoms with Crippen molar-refractivity contribution in [1.29, 1.82) is 0 Å². The lowest BCUT2D eigenvalue weighted by atomic mass is 9.89. The number of rotatable bonds is 3. The second kappa shape index (κ2) is 5.24. The Balaban J connectivity index is 1.85. The summed E-state index contributed by atoms with van der Waals surface area (Å²) < 4.78 is 0.883. The monoisotopic (exact) mass is 344 g/mol. The van der Waals surface area contributed by atoms with Crippen LogP contribution >= 0.6 is 27.5 Å². The Morgan fingerprint density at radius 3 is 3.05 bits per heavy atom. The number of fused-ring (bicyclic) bond motifs is 1. The molecule has 2 aliphatic rings. The van der Waals surface area contributed by atoms with Crippen molar-refractivity contribution >= 4 is 33.2 Å². The minimum Gasteiger partial charge on any atom is -0.394 e. The lowest BCUT2D eigenvalue weighted by Gasteiger charge is -2.35. The minimum absolute atomic E-state index is 0.175. The van der Waals surface area contributed by atoms with Crippen LogP contribution in [0.1, 0.15) is 19.3 Å². The predicted octanol–water partition coefficient (Wildman–Crippen LogP) is 3.11. The zero-order valence-electron chi connectivity index (χ0n) is 10.7. The van der Waals surface area contributed by atoms with Gasteiger partial charge in [-0.3, -0.25) is 4.90 Å². The maximum atomic E-state index is 9.92. The summed E-state index contributed by atoms with van der Waals surface area (Å²) in [7, 11) is 0. The Kier molecular flexibility index (Phi) is 3.78. The first kappa shape index (κ1) is 13.7. The van der Waals surface area contributed by atoms with Gasteiger partial charge in [-0.05, 0) is 59.9 Å². The van der Waals surface area contributed by atoms with Gasteiger partial charge < -0.3 is 10.4 Å². The van der Waals surface area contributed by atoms with E-state index in [1.165, 1.54) is 19.4 Å². The molecule has 2 unspecified atom stereocenters. The Labute approximate surface area is 127 Å². The van der Waals surface area contributed by atoms with Gasteiger partial charge in [-0.25, -0.2) is 0 Å². The molecule has 5 heteroatoms. The van der Waals surface area contributed by atoms with E-state index in [1.807, 2.05) is 18.2 Å². The van der Waals surface area contributed by atoms with Crippen molar-refractivity contribution in [1.82, 2.24) is 4.90 Å². The molecule has 0 radical (unpaired) electrons. The third-order valence-corrected chi connectivity index (χ3v) is 5.66. The van der Waals surface area contributed by atoms with Crippen molar-refractivity contribution < 1.29 is 5.11 Å². The highest BCUT2D eigenvalue weighted by molar-refractivity contribution is 9.10. The highest BCUT2D eigenvalue weighted by Gasteiger charge is 2.48. The van der Waals surface area contributed by atoms with E-state index >= 15 is 0 Å². The molecule has 0 spiro atoms. The van der Waals surface area contributed by atoms with E-state index in [1.54, 1.807) is 0 Å². The molecule has 2 N–H and O–H groups in total. The molecule has 1 aromatic carbocycles. The van der Waals surface area contributed by atoms with Crippen molar-refractivity contribution in [2.45, 2.75) is 30.8 Å². The summed E-state index contributed by atoms with van der Waals surface area (Å²) in [6, 6.07) is 6.28. The van der Waals surface area contributed by atoms with Crippen molar-refractivity contribution in [2.75, 3.05) is 25.0 Å². The van der Waals surface area contributed by atoms with Gasteiger partial charge in [-0.15, -0.1) is 0 Å². The van der Waals surface area contributed by atoms with Crippen LogP contribution in [0, 0.1) is 0 Å². The maximum absolute atomic E-state index is 9.92. The van der Waals surface area contributed by atoms with Crippen LogP contribution in [0.15, 0.2) is 22.7 Å². The van der Waals surface area contributed by atoms with E-state index < -0.39 is 0 Å². The molecule has 2 saturated heterocycles. The molecule has 0 aromatic heterocycles. The lowest BCUT2D eigenvalue weighted by Crippen LogP contribution is -2.50. The Bertz CT molecular complexity index is 485. The van der Waals surface area contributed by atoms with Crippen LogP contribution in [-0.4, -0.2) is 41.3 Å². The summed E-state index contributed by atoms with van der Waals surface area (Å²) in [6.07, 6.45) is 3.40. The van der Waals surface area contributed by atoms with Gasteiger partial charge in [0.2, 0.25) is 0 Å². The molecule has 2 atom stereocenters. The lowest BCUT2D eigenvalue weighted by molar-refractivity contribution is 0.175. The number of hydrogen-bond acceptors (Lipinski definition) is 3. The van der Waals surface area contributed by atoms with E-state index in [9.17, 15) is 5.11 Å². The van der Waals surface area contributed by atoms with E-state index in [4.69, 9.17) is 11.6 Å². The van der Waals surface area contributed by atoms with Gasteiger partial charge in [-0.1, -0.05) is 11.6 Å². The summed E-state index contributed by atoms with van der Waals surface area (Å²) in [4.78, 5) is 2.49. The molecule has 1 aromatic rings. The quantitative estimate of drug-likeness (QED) is 0.883. The highest BCUT2D eigenvalue weighted by Crippen LogP contribution is 2.39. The summed E-state index contributed by atoms with van der Waals surface area (Å²) in [5, 5.41) is 14.2. The first-order valence-corrected chi connectivity index (χ1v) is 7.90. The van der Waals surface area contributed by atoms with Gasteiger partial charge in [0, 0.05) is 22.7 Å². The van der Waals surface area contributed by atoms with Crippen molar-refractivity contribution in [3.63, 3.8) is 0 Å². The fraction of sp³-hybridized carbons (Fsp3) is 0.571. The Hall–Kier alpha value is -0.290. The number of aliphatic hydroxyl groups is 1. The van der Waals surface area contributed by atoms with Crippen LogP contribution in [-0.2, 0) is 0 Å². The molecule has 0 saturated carbocycles. The van der Waals surface area contributed by atoms with Crippen LogP contribution in [0.5, 0.6) is 0 Å². The van der Waals surface area contributed by atoms with Crippen molar-refractivity contribution in [3.8, 4) is 0 Å². The van der Waals surface area contributed by atoms with Gasteiger partial charge in [0.25, 0.3) is 0 Å². The first-order chi connectivity index (χ1) is 9.14. The van der Waals surface area contributed by atoms with Gasteiger partial charge in [0.1, 0.15) is 0 Å². The normalized spacial score (nSPS) is 30.6. The van der Waals surface area contributed by atoms with Gasteiger partial charge >= 0.3 is 0 Å². The van der Waals surface area contributed by atoms with Gasteiger partial charge in [-0.2, -0.15) is 0 Å². The van der Waals surface area contributed by atoms with Crippen LogP contribution in [0.4, 0.5) is 5.69 Å². The van der Waals surface area contributed by atoms with Crippen LogP contribution in [0.3, 0.4) is 0 Å². The minimum atomic E-state index is -0.205. The average molecular weight is 346 g/mol. The highest BCUT2D eigenvalue weighted by atomic mass is 79.9. The molecule has 0 amide bonds. The second-order valence-corrected chi connectivity index (χ2v) is 6.77. The van der Waals surface area contributed by atoms with E-state index in [0.29, 0.717) is 11.1 Å². The summed E-state index contributed by atoms with van der Waals surface area (Å²) in [6.45, 7) is 2.42. The number of benzene rings is 1. The van der Waals surface area contributed by atoms with Gasteiger partial charge in [0.05, 0.1) is 17.2 Å². The smallest absolute Gasteiger partial charge is 0.0770 e. The number of halogens is 2. The number of nitrogens with one attached hydrogen (secondary N) is 1. The van der Waals surface area contributed by atoms with Crippen molar-refractivity contribution in [2.24, 2.45) is 0 Å². The van der Waals surface area contributed by atoms with E-state index in [0.717, 1.165) is 23.1 Å². The summed E-state index contributed by atoms with van der Waals surface area (Å²) in [5.74, 6) is 0. The predicted molar refractivity (Wildman–Crippen MR) is 81.8 cm³/mol.